The molecule has 3 unspecified atom stereocenters. The number of carbonyl (C=O) groups excluding carboxylic acids is 1. The maximum Gasteiger partial charge on any atom is 0.268 e. The fourth-order valence-electron chi connectivity index (χ4n) is 7.11. The summed E-state index contributed by atoms with van der Waals surface area (Å²) >= 11 is 0. The van der Waals surface area contributed by atoms with Gasteiger partial charge in [-0.05, 0) is 83.5 Å². The van der Waals surface area contributed by atoms with Crippen LogP contribution in [0, 0.1) is 0 Å². The van der Waals surface area contributed by atoms with E-state index < -0.39 is 26.6 Å². The van der Waals surface area contributed by atoms with Crippen LogP contribution < -0.4 is 10.2 Å². The van der Waals surface area contributed by atoms with Gasteiger partial charge >= 0.3 is 0 Å². The minimum absolute atomic E-state index is 0.0130. The molecule has 0 radical (unpaired) electrons. The molecular formula is C57H101N2O6P. The Labute approximate surface area is 407 Å². The van der Waals surface area contributed by atoms with Crippen molar-refractivity contribution in [2.45, 2.75) is 219 Å². The van der Waals surface area contributed by atoms with Crippen molar-refractivity contribution in [3.8, 4) is 0 Å². The maximum absolute atomic E-state index is 12.9. The van der Waals surface area contributed by atoms with Gasteiger partial charge in [-0.25, -0.2) is 0 Å². The smallest absolute Gasteiger partial charge is 0.268 e. The second kappa shape index (κ2) is 47.5. The Kier molecular flexibility index (Phi) is 45.6. The summed E-state index contributed by atoms with van der Waals surface area (Å²) in [6.45, 7) is 4.50. The van der Waals surface area contributed by atoms with Gasteiger partial charge < -0.3 is 28.8 Å². The Morgan fingerprint density at radius 1 is 0.545 bits per heavy atom. The molecule has 380 valence electrons. The number of aliphatic hydroxyl groups is 1. The number of allylic oxidation sites excluding steroid dienone is 15. The van der Waals surface area contributed by atoms with Crippen molar-refractivity contribution in [3.63, 3.8) is 0 Å². The fourth-order valence-corrected chi connectivity index (χ4v) is 7.84. The summed E-state index contributed by atoms with van der Waals surface area (Å²) < 4.78 is 23.3. The van der Waals surface area contributed by atoms with E-state index in [1.807, 2.05) is 27.2 Å². The number of phosphoric acid groups is 1. The Hall–Kier alpha value is -2.58. The van der Waals surface area contributed by atoms with Crippen LogP contribution in [0.15, 0.2) is 97.2 Å². The zero-order chi connectivity index (χ0) is 48.5. The highest BCUT2D eigenvalue weighted by atomic mass is 31.2. The molecule has 0 aromatic rings. The first-order valence-electron chi connectivity index (χ1n) is 26.6. The van der Waals surface area contributed by atoms with Gasteiger partial charge in [0.15, 0.2) is 0 Å². The molecule has 2 N–H and O–H groups in total. The van der Waals surface area contributed by atoms with Crippen LogP contribution in [0.25, 0.3) is 0 Å². The molecule has 0 fully saturated rings. The lowest BCUT2D eigenvalue weighted by Gasteiger charge is -2.29. The first-order valence-corrected chi connectivity index (χ1v) is 28.1. The molecular weight excluding hydrogens is 840 g/mol. The van der Waals surface area contributed by atoms with Gasteiger partial charge in [-0.1, -0.05) is 214 Å². The first-order chi connectivity index (χ1) is 32.0. The minimum atomic E-state index is -4.61. The Morgan fingerprint density at radius 3 is 1.41 bits per heavy atom. The fraction of sp³-hybridized carbons (Fsp3) is 0.702. The van der Waals surface area contributed by atoms with Crippen molar-refractivity contribution in [2.75, 3.05) is 40.9 Å². The first kappa shape index (κ1) is 63.4. The molecule has 0 aliphatic carbocycles. The van der Waals surface area contributed by atoms with Gasteiger partial charge in [-0.15, -0.1) is 0 Å². The van der Waals surface area contributed by atoms with Crippen molar-refractivity contribution in [3.05, 3.63) is 97.2 Å². The molecule has 66 heavy (non-hydrogen) atoms. The van der Waals surface area contributed by atoms with Gasteiger partial charge in [-0.2, -0.15) is 0 Å². The van der Waals surface area contributed by atoms with Gasteiger partial charge in [0.25, 0.3) is 7.82 Å². The summed E-state index contributed by atoms with van der Waals surface area (Å²) in [7, 11) is 1.22. The third-order valence-electron chi connectivity index (χ3n) is 11.3. The number of hydrogen-bond acceptors (Lipinski definition) is 6. The molecule has 0 aliphatic rings. The number of likely N-dealkylation sites (N-methyl/N-ethyl adjacent to an activating group) is 1. The summed E-state index contributed by atoms with van der Waals surface area (Å²) in [4.78, 5) is 25.4. The number of amides is 1. The van der Waals surface area contributed by atoms with Crippen LogP contribution in [0.1, 0.15) is 206 Å². The van der Waals surface area contributed by atoms with E-state index >= 15 is 0 Å². The molecule has 1 amide bonds. The predicted octanol–water partition coefficient (Wildman–Crippen LogP) is 15.2. The number of nitrogens with zero attached hydrogens (tertiary/aromatic N) is 1. The molecule has 3 atom stereocenters. The molecule has 0 spiro atoms. The predicted molar refractivity (Wildman–Crippen MR) is 283 cm³/mol. The van der Waals surface area contributed by atoms with Gasteiger partial charge in [0, 0.05) is 6.42 Å². The monoisotopic (exact) mass is 941 g/mol. The topological polar surface area (TPSA) is 108 Å². The lowest BCUT2D eigenvalue weighted by molar-refractivity contribution is -0.870. The van der Waals surface area contributed by atoms with E-state index in [0.717, 1.165) is 89.9 Å². The van der Waals surface area contributed by atoms with Crippen molar-refractivity contribution >= 4 is 13.7 Å². The third kappa shape index (κ3) is 49.3. The summed E-state index contributed by atoms with van der Waals surface area (Å²) in [5.74, 6) is -0.220. The number of unbranched alkanes of at least 4 members (excludes halogenated alkanes) is 20. The molecule has 0 aromatic heterocycles. The molecule has 0 rings (SSSR count). The summed E-state index contributed by atoms with van der Waals surface area (Å²) in [5.41, 5.74) is 0. The van der Waals surface area contributed by atoms with E-state index in [2.05, 4.69) is 104 Å². The zero-order valence-corrected chi connectivity index (χ0v) is 44.0. The molecule has 0 aromatic carbocycles. The van der Waals surface area contributed by atoms with Crippen LogP contribution in [0.3, 0.4) is 0 Å². The highest BCUT2D eigenvalue weighted by Gasteiger charge is 2.23. The number of quaternary nitrogens is 1. The van der Waals surface area contributed by atoms with Gasteiger partial charge in [0.1, 0.15) is 13.2 Å². The van der Waals surface area contributed by atoms with Crippen molar-refractivity contribution in [1.82, 2.24) is 5.32 Å². The highest BCUT2D eigenvalue weighted by molar-refractivity contribution is 7.45. The average molecular weight is 941 g/mol. The molecule has 9 heteroatoms. The van der Waals surface area contributed by atoms with Crippen LogP contribution >= 0.6 is 7.82 Å². The van der Waals surface area contributed by atoms with Crippen molar-refractivity contribution in [1.29, 1.82) is 0 Å². The minimum Gasteiger partial charge on any atom is -0.756 e. The molecule has 0 bridgehead atoms. The van der Waals surface area contributed by atoms with Gasteiger partial charge in [-0.3, -0.25) is 9.36 Å². The molecule has 0 aliphatic heterocycles. The normalized spacial score (nSPS) is 14.8. The second-order valence-electron chi connectivity index (χ2n) is 18.8. The SMILES string of the molecule is CC/C=C\C/C=C\C/C=C\C/C=C\C/C=C\C/C=C\CCCCCCCCCCC(=O)NC(COP(=O)([O-])OCC[N+](C)(C)C)C(O)/C=C/CC/C=C/CCCCCCCCCCCCC. The molecule has 0 saturated carbocycles. The van der Waals surface area contributed by atoms with E-state index in [4.69, 9.17) is 9.05 Å². The third-order valence-corrected chi connectivity index (χ3v) is 12.2. The molecule has 8 nitrogen and oxygen atoms in total. The van der Waals surface area contributed by atoms with Gasteiger partial charge in [0.2, 0.25) is 5.91 Å². The van der Waals surface area contributed by atoms with E-state index in [9.17, 15) is 19.4 Å². The van der Waals surface area contributed by atoms with Gasteiger partial charge in [0.05, 0.1) is 39.9 Å². The lowest BCUT2D eigenvalue weighted by atomic mass is 10.1. The average Bonchev–Trinajstić information content (AvgIpc) is 3.28. The van der Waals surface area contributed by atoms with Crippen LogP contribution in [0.2, 0.25) is 0 Å². The van der Waals surface area contributed by atoms with Crippen molar-refractivity contribution < 1.29 is 32.9 Å². The Balaban J connectivity index is 4.34. The lowest BCUT2D eigenvalue weighted by Crippen LogP contribution is -2.45. The number of nitrogens with one attached hydrogen (secondary N) is 1. The highest BCUT2D eigenvalue weighted by Crippen LogP contribution is 2.38. The number of rotatable bonds is 47. The largest absolute Gasteiger partial charge is 0.756 e. The maximum atomic E-state index is 12.9. The number of phosphoric ester groups is 1. The quantitative estimate of drug-likeness (QED) is 0.0272. The van der Waals surface area contributed by atoms with E-state index in [1.54, 1.807) is 6.08 Å². The van der Waals surface area contributed by atoms with E-state index in [1.165, 1.54) is 96.3 Å². The second-order valence-corrected chi connectivity index (χ2v) is 20.2. The standard InChI is InChI=1S/C57H101N2O6P/c1-6-8-10-12-14-16-18-20-22-24-25-26-27-28-29-30-31-32-33-35-37-39-41-43-45-47-49-51-57(61)58-55(54-65-66(62,63)64-53-52-59(3,4)5)56(60)50-48-46-44-42-40-38-36-34-23-21-19-17-15-13-11-9-7-2/h8,10,14,16,20,22,25-26,28-29,31-32,40,42,48,50,55-56,60H,6-7,9,11-13,15,17-19,21,23-24,27,30,33-39,41,43-47,49,51-54H2,1-5H3,(H-,58,61,62,63)/b10-8-,16-14-,22-20-,26-25-,29-28-,32-31-,42-40+,50-48+. The summed E-state index contributed by atoms with van der Waals surface area (Å²) in [5, 5.41) is 13.8. The van der Waals surface area contributed by atoms with E-state index in [0.29, 0.717) is 17.4 Å². The van der Waals surface area contributed by atoms with Crippen LogP contribution in [0.4, 0.5) is 0 Å². The van der Waals surface area contributed by atoms with E-state index in [-0.39, 0.29) is 12.5 Å². The number of hydrogen-bond donors (Lipinski definition) is 2. The van der Waals surface area contributed by atoms with Crippen LogP contribution in [-0.4, -0.2) is 68.5 Å². The summed E-state index contributed by atoms with van der Waals surface area (Å²) in [6, 6.07) is -0.914. The zero-order valence-electron chi connectivity index (χ0n) is 43.1. The number of carbonyl (C=O) groups is 1. The number of aliphatic hydroxyl groups excluding tert-OH is 1. The molecule has 0 heterocycles. The summed E-state index contributed by atoms with van der Waals surface area (Å²) in [6.07, 6.45) is 67.5. The van der Waals surface area contributed by atoms with Crippen molar-refractivity contribution in [2.24, 2.45) is 0 Å². The molecule has 0 saturated heterocycles. The van der Waals surface area contributed by atoms with Crippen LogP contribution in [-0.2, 0) is 18.4 Å². The Bertz CT molecular complexity index is 1390. The Morgan fingerprint density at radius 2 is 0.939 bits per heavy atom. The van der Waals surface area contributed by atoms with Crippen LogP contribution in [0.5, 0.6) is 0 Å².